The molecule has 2 saturated carbocycles. The summed E-state index contributed by atoms with van der Waals surface area (Å²) in [6.07, 6.45) is -5.34. The van der Waals surface area contributed by atoms with Crippen molar-refractivity contribution in [3.05, 3.63) is 94.5 Å². The fourth-order valence-corrected chi connectivity index (χ4v) is 16.1. The van der Waals surface area contributed by atoms with E-state index >= 15 is 4.79 Å². The third-order valence-corrected chi connectivity index (χ3v) is 22.9. The lowest BCUT2D eigenvalue weighted by Crippen LogP contribution is -2.61. The molecule has 35 nitrogen and oxygen atoms in total. The van der Waals surface area contributed by atoms with Crippen LogP contribution in [-0.4, -0.2) is 263 Å². The molecule has 8 amide bonds. The molecule has 3 aliphatic carbocycles. The highest BCUT2D eigenvalue weighted by Gasteiger charge is 2.58. The maximum atomic E-state index is 15.1. The molecule has 1 unspecified atom stereocenters. The number of unbranched alkanes of at least 4 members (excludes halogenated alkanes) is 2. The Morgan fingerprint density at radius 2 is 1.34 bits per heavy atom. The van der Waals surface area contributed by atoms with Gasteiger partial charge in [0.05, 0.1) is 135 Å². The number of hydrogen-bond donors (Lipinski definition) is 11. The Kier molecular flexibility index (Phi) is 30.5. The van der Waals surface area contributed by atoms with Crippen molar-refractivity contribution in [2.45, 2.75) is 172 Å². The van der Waals surface area contributed by atoms with E-state index in [4.69, 9.17) is 56.8 Å². The van der Waals surface area contributed by atoms with Crippen LogP contribution >= 0.6 is 0 Å². The standard InChI is InChI=1S/C84H109N9O26/c1-48(2)70(87-49(3)94)76(100)90-62(46-116-81-73(98)71(96)72(97)74(119-81)80(104)105)75(99)88-53-20-19-52(60(36-53)89-69(95)21-27-110-29-31-112-33-34-113-32-30-111-28-24-85-82(106)117-45-59-55-17-9-6-7-10-18-56(55)59)44-118-83(107)93-63-40-68(66(109-5)38-58(63)78(102)92-47-84(22-23-84)41-64(92)79(93)103)115-26-14-8-13-25-114-67-39-61-57(37-65(67)108-4)77(101)91-43-51-16-12-11-15-50(51)35-54(91)42-86-61/h11-12,15-16,19-20,36-40,48,54-56,59,62,64,70-74,79,81,86,96-98,103H,8-10,13-14,17-18,21-35,41-47H2,1-5H3,(H,85,106)(H,87,94)(H,88,99)(H,89,95)(H,90,100)(H,104,105)/t54-,55-,56+,59?,62-,64-,70-,71-,72-,73+,74-,79-,81+/m0/s1. The van der Waals surface area contributed by atoms with Gasteiger partial charge in [0.1, 0.15) is 37.0 Å². The number of alkyl carbamates (subject to hydrolysis) is 1. The van der Waals surface area contributed by atoms with Crippen molar-refractivity contribution >= 4 is 76.3 Å². The van der Waals surface area contributed by atoms with Crippen LogP contribution in [-0.2, 0) is 81.4 Å². The molecule has 119 heavy (non-hydrogen) atoms. The third kappa shape index (κ3) is 22.5. The molecule has 2 saturated heterocycles. The average molecular weight is 1660 g/mol. The number of aliphatic hydroxyl groups excluding tert-OH is 4. The molecule has 646 valence electrons. The molecule has 4 aromatic rings. The number of methoxy groups -OCH3 is 2. The normalized spacial score (nSPS) is 23.3. The van der Waals surface area contributed by atoms with Gasteiger partial charge in [-0.25, -0.2) is 19.3 Å². The molecule has 0 bridgehead atoms. The van der Waals surface area contributed by atoms with E-state index < -0.39 is 122 Å². The first kappa shape index (κ1) is 88.2. The van der Waals surface area contributed by atoms with Crippen LogP contribution in [0, 0.1) is 40.9 Å². The van der Waals surface area contributed by atoms with Gasteiger partial charge in [-0.15, -0.1) is 11.8 Å². The predicted molar refractivity (Wildman–Crippen MR) is 425 cm³/mol. The second kappa shape index (κ2) is 41.2. The molecule has 12 rings (SSSR count). The number of anilines is 4. The van der Waals surface area contributed by atoms with E-state index in [0.29, 0.717) is 99.0 Å². The van der Waals surface area contributed by atoms with Crippen LogP contribution in [0.1, 0.15) is 129 Å². The van der Waals surface area contributed by atoms with Crippen LogP contribution in [0.25, 0.3) is 0 Å². The van der Waals surface area contributed by atoms with Crippen molar-refractivity contribution in [3.8, 4) is 34.8 Å². The van der Waals surface area contributed by atoms with Crippen molar-refractivity contribution in [2.75, 3.05) is 134 Å². The van der Waals surface area contributed by atoms with Crippen molar-refractivity contribution in [2.24, 2.45) is 29.1 Å². The van der Waals surface area contributed by atoms with Gasteiger partial charge in [-0.1, -0.05) is 44.2 Å². The number of aliphatic hydroxyl groups is 4. The highest BCUT2D eigenvalue weighted by atomic mass is 16.7. The van der Waals surface area contributed by atoms with Crippen molar-refractivity contribution in [3.63, 3.8) is 0 Å². The zero-order valence-corrected chi connectivity index (χ0v) is 67.6. The summed E-state index contributed by atoms with van der Waals surface area (Å²) >= 11 is 0. The number of nitrogens with zero attached hydrogens (tertiary/aromatic N) is 3. The molecular weight excluding hydrogens is 1550 g/mol. The van der Waals surface area contributed by atoms with Crippen molar-refractivity contribution < 1.29 is 126 Å². The summed E-state index contributed by atoms with van der Waals surface area (Å²) in [4.78, 5) is 127. The summed E-state index contributed by atoms with van der Waals surface area (Å²) in [5.41, 5.74) is 3.31. The number of fused-ring (bicyclic) bond motifs is 6. The second-order valence-corrected chi connectivity index (χ2v) is 31.4. The van der Waals surface area contributed by atoms with Crippen molar-refractivity contribution in [1.29, 1.82) is 0 Å². The number of carboxylic acids is 1. The quantitative estimate of drug-likeness (QED) is 0.0209. The van der Waals surface area contributed by atoms with Gasteiger partial charge in [-0.3, -0.25) is 28.8 Å². The minimum atomic E-state index is -2.08. The van der Waals surface area contributed by atoms with Gasteiger partial charge in [-0.05, 0) is 122 Å². The predicted octanol–water partition coefficient (Wildman–Crippen LogP) is 4.85. The number of nitrogens with one attached hydrogen (secondary N) is 6. The smallest absolute Gasteiger partial charge is 0.416 e. The molecule has 5 aliphatic heterocycles. The fraction of sp³-hybridized carbons (Fsp3) is 0.583. The molecule has 11 N–H and O–H groups in total. The molecule has 13 atom stereocenters. The summed E-state index contributed by atoms with van der Waals surface area (Å²) in [5.74, 6) is 3.30. The number of ether oxygens (including phenoxy) is 12. The van der Waals surface area contributed by atoms with E-state index in [-0.39, 0.29) is 129 Å². The Labute approximate surface area is 689 Å². The SMILES string of the molecule is COc1cc2c(cc1OCCCCCOc1cc3c(cc1OC)C(=O)N1CC4(CC4)C[C@H]1[C@H](O)N3C(=O)OCc1ccc(NC(=O)[C@H](CO[C@@H]3O[C@H](C(=O)O)[C@@H](O)[C@H](O)[C@H]3O)NC(=O)[C@@H](NC(C)=O)C(C)C)cc1NC(=O)CCOCCOCCOCCOCCNC(=O)OCC1[C@H]3CCC#CCC[C@@H]13)NC[C@@H]1Cc3ccccc3CN1C2=O. The van der Waals surface area contributed by atoms with Gasteiger partial charge < -0.3 is 124 Å². The van der Waals surface area contributed by atoms with E-state index in [9.17, 15) is 63.9 Å². The van der Waals surface area contributed by atoms with Gasteiger partial charge in [0, 0.05) is 75.0 Å². The number of hydrogen-bond acceptors (Lipinski definition) is 26. The van der Waals surface area contributed by atoms with E-state index in [1.54, 1.807) is 30.9 Å². The summed E-state index contributed by atoms with van der Waals surface area (Å²) in [6, 6.07) is 14.9. The zero-order valence-electron chi connectivity index (χ0n) is 67.6. The lowest BCUT2D eigenvalue weighted by molar-refractivity contribution is -0.294. The zero-order chi connectivity index (χ0) is 84.4. The van der Waals surface area contributed by atoms with Crippen LogP contribution in [0.3, 0.4) is 0 Å². The van der Waals surface area contributed by atoms with Crippen LogP contribution < -0.4 is 55.7 Å². The van der Waals surface area contributed by atoms with Gasteiger partial charge in [0.2, 0.25) is 23.6 Å². The number of amides is 8. The molecule has 35 heteroatoms. The highest BCUT2D eigenvalue weighted by Crippen LogP contribution is 2.57. The lowest BCUT2D eigenvalue weighted by Gasteiger charge is -2.38. The number of rotatable bonds is 40. The maximum Gasteiger partial charge on any atom is 0.416 e. The van der Waals surface area contributed by atoms with E-state index in [0.717, 1.165) is 55.4 Å². The number of aliphatic carboxylic acids is 1. The van der Waals surface area contributed by atoms with Crippen molar-refractivity contribution in [1.82, 2.24) is 25.8 Å². The van der Waals surface area contributed by atoms with Gasteiger partial charge >= 0.3 is 18.2 Å². The Balaban J connectivity index is 0.680. The summed E-state index contributed by atoms with van der Waals surface area (Å²) < 4.78 is 69.2. The molecule has 4 fully saturated rings. The first-order chi connectivity index (χ1) is 57.4. The molecule has 0 radical (unpaired) electrons. The first-order valence-corrected chi connectivity index (χ1v) is 40.7. The number of carbonyl (C=O) groups is 9. The Morgan fingerprint density at radius 3 is 1.99 bits per heavy atom. The largest absolute Gasteiger partial charge is 0.493 e. The first-order valence-electron chi connectivity index (χ1n) is 40.7. The van der Waals surface area contributed by atoms with Crippen LogP contribution in [0.5, 0.6) is 23.0 Å². The average Bonchev–Trinajstić information content (AvgIpc) is 1.55. The van der Waals surface area contributed by atoms with Gasteiger partial charge in [0.15, 0.2) is 41.6 Å². The molecule has 4 aromatic carbocycles. The molecule has 1 spiro atoms. The Bertz CT molecular complexity index is 4330. The molecular formula is C84H109N9O26. The second-order valence-electron chi connectivity index (χ2n) is 31.4. The monoisotopic (exact) mass is 1660 g/mol. The van der Waals surface area contributed by atoms with E-state index in [1.165, 1.54) is 57.0 Å². The van der Waals surface area contributed by atoms with Crippen LogP contribution in [0.4, 0.5) is 32.3 Å². The maximum absolute atomic E-state index is 15.1. The summed E-state index contributed by atoms with van der Waals surface area (Å²) in [6.45, 7) is 6.96. The molecule has 0 aromatic heterocycles. The lowest BCUT2D eigenvalue weighted by atomic mass is 9.94. The summed E-state index contributed by atoms with van der Waals surface area (Å²) in [7, 11) is 2.94. The van der Waals surface area contributed by atoms with Gasteiger partial charge in [-0.2, -0.15) is 0 Å². The third-order valence-electron chi connectivity index (χ3n) is 22.9. The topological polar surface area (TPSA) is 447 Å². The van der Waals surface area contributed by atoms with Crippen LogP contribution in [0.2, 0.25) is 0 Å². The van der Waals surface area contributed by atoms with Gasteiger partial charge in [0.25, 0.3) is 11.8 Å². The Morgan fingerprint density at radius 1 is 0.689 bits per heavy atom. The highest BCUT2D eigenvalue weighted by molar-refractivity contribution is 6.06. The minimum absolute atomic E-state index is 0.0217. The number of carbonyl (C=O) groups excluding carboxylic acids is 8. The Hall–Kier alpha value is -10.1. The van der Waals surface area contributed by atoms with E-state index in [1.807, 2.05) is 17.0 Å². The molecule has 8 aliphatic rings. The van der Waals surface area contributed by atoms with Crippen LogP contribution in [0.15, 0.2) is 66.7 Å². The van der Waals surface area contributed by atoms with E-state index in [2.05, 4.69) is 55.9 Å². The fourth-order valence-electron chi connectivity index (χ4n) is 16.1. The number of benzene rings is 4. The molecule has 5 heterocycles. The number of carboxylic acid groups (broad SMARTS) is 1. The minimum Gasteiger partial charge on any atom is -0.493 e. The summed E-state index contributed by atoms with van der Waals surface area (Å²) in [5, 5.41) is 70.6.